The average Bonchev–Trinajstić information content (AvgIpc) is 3.14. The molecule has 1 aromatic carbocycles. The number of benzene rings is 1. The summed E-state index contributed by atoms with van der Waals surface area (Å²) in [5.41, 5.74) is 1.02. The van der Waals surface area contributed by atoms with Crippen LogP contribution in [0.5, 0.6) is 0 Å². The molecule has 8 heteroatoms. The minimum Gasteiger partial charge on any atom is -0.321 e. The monoisotopic (exact) mass is 421 g/mol. The van der Waals surface area contributed by atoms with Crippen LogP contribution in [0.3, 0.4) is 0 Å². The average molecular weight is 422 g/mol. The first-order valence-electron chi connectivity index (χ1n) is 9.97. The van der Waals surface area contributed by atoms with E-state index in [1.54, 1.807) is 22.5 Å². The van der Waals surface area contributed by atoms with Crippen molar-refractivity contribution >= 4 is 22.9 Å². The van der Waals surface area contributed by atoms with E-state index in [1.165, 1.54) is 0 Å². The van der Waals surface area contributed by atoms with Crippen LogP contribution in [-0.2, 0) is 18.8 Å². The molecule has 30 heavy (non-hydrogen) atoms. The van der Waals surface area contributed by atoms with E-state index in [4.69, 9.17) is 4.98 Å². The van der Waals surface area contributed by atoms with Crippen LogP contribution in [0, 0.1) is 0 Å². The third kappa shape index (κ3) is 4.23. The summed E-state index contributed by atoms with van der Waals surface area (Å²) < 4.78 is 3.50. The number of hydrogen-bond donors (Lipinski definition) is 1. The summed E-state index contributed by atoms with van der Waals surface area (Å²) in [6.07, 6.45) is 3.67. The second kappa shape index (κ2) is 9.13. The third-order valence-electron chi connectivity index (χ3n) is 4.87. The number of aromatic nitrogens is 5. The van der Waals surface area contributed by atoms with Gasteiger partial charge in [0, 0.05) is 12.7 Å². The number of aryl methyl sites for hydroxylation is 1. The maximum Gasteiger partial charge on any atom is 0.330 e. The van der Waals surface area contributed by atoms with E-state index in [-0.39, 0.29) is 0 Å². The van der Waals surface area contributed by atoms with Gasteiger partial charge in [-0.1, -0.05) is 61.5 Å². The molecule has 4 aromatic rings. The van der Waals surface area contributed by atoms with Crippen molar-refractivity contribution in [1.29, 1.82) is 0 Å². The Kier molecular flexibility index (Phi) is 6.13. The maximum atomic E-state index is 12.7. The Morgan fingerprint density at radius 2 is 1.83 bits per heavy atom. The number of unbranched alkanes of at least 4 members (excludes halogenated alkanes) is 1. The van der Waals surface area contributed by atoms with Crippen LogP contribution in [0.15, 0.2) is 69.3 Å². The number of nitrogens with one attached hydrogen (secondary N) is 1. The van der Waals surface area contributed by atoms with Crippen molar-refractivity contribution in [2.24, 2.45) is 0 Å². The predicted molar refractivity (Wildman–Crippen MR) is 119 cm³/mol. The van der Waals surface area contributed by atoms with E-state index in [2.05, 4.69) is 16.9 Å². The highest BCUT2D eigenvalue weighted by Crippen LogP contribution is 2.23. The topological polar surface area (TPSA) is 85.6 Å². The van der Waals surface area contributed by atoms with E-state index in [1.807, 2.05) is 53.1 Å². The molecule has 0 aliphatic rings. The standard InChI is InChI=1S/C22H23N5O2S/c1-2-3-13-26-17(15-30-18-11-7-8-12-23-18)24-20-19(26)21(28)25-22(29)27(20)14-16-9-5-4-6-10-16/h4-12H,2-3,13-15H2,1H3,(H,25,28,29). The van der Waals surface area contributed by atoms with Crippen molar-refractivity contribution in [2.45, 2.75) is 43.6 Å². The molecule has 3 heterocycles. The SMILES string of the molecule is CCCCn1c(CSc2ccccn2)nc2c1c(=O)[nH]c(=O)n2Cc1ccccc1. The highest BCUT2D eigenvalue weighted by Gasteiger charge is 2.19. The Morgan fingerprint density at radius 1 is 1.03 bits per heavy atom. The highest BCUT2D eigenvalue weighted by atomic mass is 32.2. The lowest BCUT2D eigenvalue weighted by Gasteiger charge is -2.08. The Bertz CT molecular complexity index is 1250. The molecule has 0 aliphatic heterocycles. The molecule has 0 fully saturated rings. The lowest BCUT2D eigenvalue weighted by atomic mass is 10.2. The summed E-state index contributed by atoms with van der Waals surface area (Å²) in [5, 5.41) is 0.891. The quantitative estimate of drug-likeness (QED) is 0.441. The Balaban J connectivity index is 1.80. The molecule has 4 rings (SSSR count). The van der Waals surface area contributed by atoms with Crippen LogP contribution in [0.4, 0.5) is 0 Å². The zero-order valence-electron chi connectivity index (χ0n) is 16.7. The molecule has 0 amide bonds. The van der Waals surface area contributed by atoms with Crippen molar-refractivity contribution < 1.29 is 0 Å². The Morgan fingerprint density at radius 3 is 2.57 bits per heavy atom. The van der Waals surface area contributed by atoms with Gasteiger partial charge in [0.15, 0.2) is 11.2 Å². The molecule has 7 nitrogen and oxygen atoms in total. The van der Waals surface area contributed by atoms with Crippen LogP contribution in [0.25, 0.3) is 11.2 Å². The minimum absolute atomic E-state index is 0.352. The first-order valence-corrected chi connectivity index (χ1v) is 11.0. The number of thioether (sulfide) groups is 1. The lowest BCUT2D eigenvalue weighted by Crippen LogP contribution is -2.31. The number of aromatic amines is 1. The van der Waals surface area contributed by atoms with Crippen LogP contribution in [0.2, 0.25) is 0 Å². The molecule has 0 unspecified atom stereocenters. The molecule has 0 saturated carbocycles. The largest absolute Gasteiger partial charge is 0.330 e. The van der Waals surface area contributed by atoms with Crippen molar-refractivity contribution in [3.63, 3.8) is 0 Å². The van der Waals surface area contributed by atoms with Gasteiger partial charge in [0.2, 0.25) is 0 Å². The highest BCUT2D eigenvalue weighted by molar-refractivity contribution is 7.98. The van der Waals surface area contributed by atoms with Gasteiger partial charge in [-0.15, -0.1) is 0 Å². The van der Waals surface area contributed by atoms with E-state index in [9.17, 15) is 9.59 Å². The van der Waals surface area contributed by atoms with E-state index in [0.29, 0.717) is 30.0 Å². The molecular formula is C22H23N5O2S. The first kappa shape index (κ1) is 20.2. The van der Waals surface area contributed by atoms with Crippen molar-refractivity contribution in [1.82, 2.24) is 24.1 Å². The van der Waals surface area contributed by atoms with Gasteiger partial charge >= 0.3 is 5.69 Å². The van der Waals surface area contributed by atoms with Gasteiger partial charge in [-0.3, -0.25) is 14.3 Å². The number of hydrogen-bond acceptors (Lipinski definition) is 5. The van der Waals surface area contributed by atoms with Crippen LogP contribution < -0.4 is 11.2 Å². The fraction of sp³-hybridized carbons (Fsp3) is 0.273. The van der Waals surface area contributed by atoms with E-state index in [0.717, 1.165) is 29.3 Å². The van der Waals surface area contributed by atoms with Crippen LogP contribution >= 0.6 is 11.8 Å². The first-order chi connectivity index (χ1) is 14.7. The molecule has 0 bridgehead atoms. The summed E-state index contributed by atoms with van der Waals surface area (Å²) in [5.74, 6) is 1.33. The number of H-pyrrole nitrogens is 1. The van der Waals surface area contributed by atoms with Gasteiger partial charge in [0.25, 0.3) is 5.56 Å². The van der Waals surface area contributed by atoms with Crippen LogP contribution in [-0.4, -0.2) is 24.1 Å². The Hall–Kier alpha value is -3.13. The summed E-state index contributed by atoms with van der Waals surface area (Å²) in [7, 11) is 0. The van der Waals surface area contributed by atoms with Crippen molar-refractivity contribution in [2.75, 3.05) is 0 Å². The van der Waals surface area contributed by atoms with Crippen LogP contribution in [0.1, 0.15) is 31.2 Å². The molecule has 0 spiro atoms. The van der Waals surface area contributed by atoms with Gasteiger partial charge < -0.3 is 4.57 Å². The number of nitrogens with zero attached hydrogens (tertiary/aromatic N) is 4. The predicted octanol–water partition coefficient (Wildman–Crippen LogP) is 3.42. The fourth-order valence-electron chi connectivity index (χ4n) is 3.37. The molecule has 3 aromatic heterocycles. The number of pyridine rings is 1. The second-order valence-corrected chi connectivity index (χ2v) is 7.99. The molecule has 0 radical (unpaired) electrons. The summed E-state index contributed by atoms with van der Waals surface area (Å²) in [6.45, 7) is 3.14. The molecule has 154 valence electrons. The molecule has 0 saturated heterocycles. The zero-order valence-corrected chi connectivity index (χ0v) is 17.6. The number of rotatable bonds is 8. The number of fused-ring (bicyclic) bond motifs is 1. The minimum atomic E-state index is -0.444. The van der Waals surface area contributed by atoms with Gasteiger partial charge in [0.1, 0.15) is 5.82 Å². The van der Waals surface area contributed by atoms with Crippen molar-refractivity contribution in [3.05, 3.63) is 87.0 Å². The number of imidazole rings is 1. The molecular weight excluding hydrogens is 398 g/mol. The lowest BCUT2D eigenvalue weighted by molar-refractivity contribution is 0.626. The normalized spacial score (nSPS) is 11.2. The zero-order chi connectivity index (χ0) is 20.9. The van der Waals surface area contributed by atoms with Gasteiger partial charge in [-0.25, -0.2) is 14.8 Å². The summed E-state index contributed by atoms with van der Waals surface area (Å²) >= 11 is 1.56. The maximum absolute atomic E-state index is 12.7. The molecule has 0 atom stereocenters. The Labute approximate surface area is 177 Å². The second-order valence-electron chi connectivity index (χ2n) is 6.99. The summed E-state index contributed by atoms with van der Waals surface area (Å²) in [6, 6.07) is 15.5. The smallest absolute Gasteiger partial charge is 0.321 e. The molecule has 1 N–H and O–H groups in total. The molecule has 0 aliphatic carbocycles. The van der Waals surface area contributed by atoms with E-state index >= 15 is 0 Å². The van der Waals surface area contributed by atoms with Crippen molar-refractivity contribution in [3.8, 4) is 0 Å². The fourth-order valence-corrected chi connectivity index (χ4v) is 4.18. The van der Waals surface area contributed by atoms with Gasteiger partial charge in [-0.05, 0) is 24.1 Å². The van der Waals surface area contributed by atoms with Gasteiger partial charge in [0.05, 0.1) is 17.3 Å². The van der Waals surface area contributed by atoms with Gasteiger partial charge in [-0.2, -0.15) is 0 Å². The third-order valence-corrected chi connectivity index (χ3v) is 5.81. The summed E-state index contributed by atoms with van der Waals surface area (Å²) in [4.78, 5) is 36.9. The van der Waals surface area contributed by atoms with E-state index < -0.39 is 11.2 Å².